The van der Waals surface area contributed by atoms with Crippen LogP contribution in [-0.4, -0.2) is 67.2 Å². The summed E-state index contributed by atoms with van der Waals surface area (Å²) < 4.78 is 15.9. The molecule has 1 aliphatic carbocycles. The van der Waals surface area contributed by atoms with Crippen molar-refractivity contribution in [1.29, 1.82) is 5.26 Å². The number of carboxylic acid groups (broad SMARTS) is 1. The van der Waals surface area contributed by atoms with Gasteiger partial charge in [0.2, 0.25) is 0 Å². The van der Waals surface area contributed by atoms with Gasteiger partial charge < -0.3 is 26.2 Å². The fourth-order valence-electron chi connectivity index (χ4n) is 4.52. The molecule has 1 aliphatic rings. The van der Waals surface area contributed by atoms with Gasteiger partial charge in [-0.15, -0.1) is 0 Å². The van der Waals surface area contributed by atoms with E-state index in [1.165, 1.54) is 26.2 Å². The molecule has 0 aromatic carbocycles. The maximum Gasteiger partial charge on any atom is 0.404 e. The zero-order valence-electron chi connectivity index (χ0n) is 21.1. The van der Waals surface area contributed by atoms with Crippen LogP contribution >= 0.6 is 0 Å². The zero-order chi connectivity index (χ0) is 27.4. The van der Waals surface area contributed by atoms with Crippen LogP contribution in [0.2, 0.25) is 0 Å². The summed E-state index contributed by atoms with van der Waals surface area (Å²) in [5.41, 5.74) is 1.30. The van der Waals surface area contributed by atoms with Crippen LogP contribution < -0.4 is 16.0 Å². The maximum absolute atomic E-state index is 14.3. The second-order valence-corrected chi connectivity index (χ2v) is 10.0. The van der Waals surface area contributed by atoms with Crippen molar-refractivity contribution in [2.45, 2.75) is 63.4 Å². The lowest BCUT2D eigenvalue weighted by Gasteiger charge is -2.31. The lowest BCUT2D eigenvalue weighted by molar-refractivity contribution is -0.00177. The van der Waals surface area contributed by atoms with Crippen LogP contribution in [0.4, 0.5) is 14.9 Å². The SMILES string of the molecule is CC(C)(O)C(F)CNC(=O)c1cnc(-c2ccc3cc(C#N)cnn23)cc1N[C@H]1CCC[C@@H](NC(=O)O)C1. The Hall–Kier alpha value is -4.24. The molecule has 3 aromatic heterocycles. The van der Waals surface area contributed by atoms with Crippen molar-refractivity contribution in [2.24, 2.45) is 0 Å². The molecule has 0 aliphatic heterocycles. The Labute approximate surface area is 218 Å². The first kappa shape index (κ1) is 26.8. The second-order valence-electron chi connectivity index (χ2n) is 10.0. The normalized spacial score (nSPS) is 18.4. The lowest BCUT2D eigenvalue weighted by Crippen LogP contribution is -2.42. The van der Waals surface area contributed by atoms with Gasteiger partial charge in [-0.1, -0.05) is 0 Å². The average molecular weight is 524 g/mol. The standard InChI is InChI=1S/C26H30FN7O4/c1-26(2,38)23(27)14-30-24(35)19-13-29-21(22-7-6-18-8-15(11-28)12-31-34(18)22)10-20(19)32-16-4-3-5-17(9-16)33-25(36)37/h6-8,10,12-13,16-17,23,33,38H,3-5,9,14H2,1-2H3,(H,29,32)(H,30,35)(H,36,37)/t16-,17+,23?/m0/s1. The molecule has 0 bridgehead atoms. The first-order chi connectivity index (χ1) is 18.0. The van der Waals surface area contributed by atoms with E-state index in [1.54, 1.807) is 28.8 Å². The van der Waals surface area contributed by atoms with Crippen molar-refractivity contribution in [3.8, 4) is 17.5 Å². The predicted octanol–water partition coefficient (Wildman–Crippen LogP) is 3.10. The van der Waals surface area contributed by atoms with E-state index in [-0.39, 0.29) is 24.2 Å². The van der Waals surface area contributed by atoms with Crippen LogP contribution in [0.15, 0.2) is 36.7 Å². The second kappa shape index (κ2) is 11.0. The van der Waals surface area contributed by atoms with Crippen LogP contribution in [0.5, 0.6) is 0 Å². The number of aromatic nitrogens is 3. The van der Waals surface area contributed by atoms with Gasteiger partial charge in [-0.3, -0.25) is 9.78 Å². The number of nitriles is 1. The summed E-state index contributed by atoms with van der Waals surface area (Å²) >= 11 is 0. The Morgan fingerprint density at radius 2 is 2.03 bits per heavy atom. The molecule has 0 radical (unpaired) electrons. The number of anilines is 1. The van der Waals surface area contributed by atoms with E-state index in [0.29, 0.717) is 34.6 Å². The first-order valence-electron chi connectivity index (χ1n) is 12.3. The minimum absolute atomic E-state index is 0.118. The van der Waals surface area contributed by atoms with Crippen molar-refractivity contribution < 1.29 is 24.2 Å². The Balaban J connectivity index is 1.65. The number of pyridine rings is 1. The summed E-state index contributed by atoms with van der Waals surface area (Å²) in [4.78, 5) is 28.6. The van der Waals surface area contributed by atoms with Gasteiger partial charge in [0.05, 0.1) is 52.1 Å². The summed E-state index contributed by atoms with van der Waals surface area (Å²) in [6.45, 7) is 2.27. The molecule has 12 heteroatoms. The number of nitrogens with zero attached hydrogens (tertiary/aromatic N) is 4. The molecular weight excluding hydrogens is 493 g/mol. The molecule has 3 aromatic rings. The molecule has 1 saturated carbocycles. The van der Waals surface area contributed by atoms with Crippen LogP contribution in [0.3, 0.4) is 0 Å². The Bertz CT molecular complexity index is 1380. The molecule has 2 amide bonds. The van der Waals surface area contributed by atoms with Crippen LogP contribution in [0.1, 0.15) is 55.5 Å². The van der Waals surface area contributed by atoms with Gasteiger partial charge in [0, 0.05) is 18.3 Å². The van der Waals surface area contributed by atoms with Crippen molar-refractivity contribution in [2.75, 3.05) is 11.9 Å². The molecule has 0 saturated heterocycles. The van der Waals surface area contributed by atoms with Crippen molar-refractivity contribution in [3.05, 3.63) is 47.8 Å². The number of hydrogen-bond acceptors (Lipinski definition) is 7. The van der Waals surface area contributed by atoms with Gasteiger partial charge in [-0.2, -0.15) is 10.4 Å². The van der Waals surface area contributed by atoms with Crippen LogP contribution in [0.25, 0.3) is 16.9 Å². The van der Waals surface area contributed by atoms with Gasteiger partial charge in [0.25, 0.3) is 5.91 Å². The minimum Gasteiger partial charge on any atom is -0.465 e. The number of alkyl halides is 1. The van der Waals surface area contributed by atoms with Gasteiger partial charge in [0.15, 0.2) is 0 Å². The number of hydrogen-bond donors (Lipinski definition) is 5. The van der Waals surface area contributed by atoms with Crippen molar-refractivity contribution in [1.82, 2.24) is 25.2 Å². The Morgan fingerprint density at radius 3 is 2.74 bits per heavy atom. The number of amides is 2. The van der Waals surface area contributed by atoms with E-state index in [0.717, 1.165) is 19.3 Å². The molecule has 200 valence electrons. The van der Waals surface area contributed by atoms with E-state index >= 15 is 0 Å². The third kappa shape index (κ3) is 6.18. The maximum atomic E-state index is 14.3. The van der Waals surface area contributed by atoms with Crippen LogP contribution in [0, 0.1) is 11.3 Å². The Morgan fingerprint density at radius 1 is 1.26 bits per heavy atom. The number of carbonyl (C=O) groups is 2. The molecule has 0 spiro atoms. The summed E-state index contributed by atoms with van der Waals surface area (Å²) in [5.74, 6) is -0.564. The highest BCUT2D eigenvalue weighted by Crippen LogP contribution is 2.29. The molecule has 1 unspecified atom stereocenters. The van der Waals surface area contributed by atoms with Crippen LogP contribution in [-0.2, 0) is 0 Å². The molecule has 38 heavy (non-hydrogen) atoms. The third-order valence-electron chi connectivity index (χ3n) is 6.61. The molecule has 3 heterocycles. The molecule has 11 nitrogen and oxygen atoms in total. The summed E-state index contributed by atoms with van der Waals surface area (Å²) in [6.07, 6.45) is 2.91. The highest BCUT2D eigenvalue weighted by molar-refractivity contribution is 6.00. The largest absolute Gasteiger partial charge is 0.465 e. The predicted molar refractivity (Wildman–Crippen MR) is 137 cm³/mol. The van der Waals surface area contributed by atoms with Crippen molar-refractivity contribution in [3.63, 3.8) is 0 Å². The summed E-state index contributed by atoms with van der Waals surface area (Å²) in [6, 6.07) is 8.73. The quantitative estimate of drug-likeness (QED) is 0.300. The van der Waals surface area contributed by atoms with Gasteiger partial charge >= 0.3 is 6.09 Å². The number of fused-ring (bicyclic) bond motifs is 1. The number of halogens is 1. The number of nitrogens with one attached hydrogen (secondary N) is 3. The van der Waals surface area contributed by atoms with E-state index < -0.39 is 23.8 Å². The molecule has 5 N–H and O–H groups in total. The van der Waals surface area contributed by atoms with E-state index in [4.69, 9.17) is 10.4 Å². The monoisotopic (exact) mass is 523 g/mol. The minimum atomic E-state index is -1.67. The number of aliphatic hydroxyl groups is 1. The molecule has 3 atom stereocenters. The van der Waals surface area contributed by atoms with Gasteiger partial charge in [0.1, 0.15) is 12.2 Å². The smallest absolute Gasteiger partial charge is 0.404 e. The number of carbonyl (C=O) groups excluding carboxylic acids is 1. The lowest BCUT2D eigenvalue weighted by atomic mass is 9.90. The van der Waals surface area contributed by atoms with E-state index in [2.05, 4.69) is 32.1 Å². The molecular formula is C26H30FN7O4. The third-order valence-corrected chi connectivity index (χ3v) is 6.61. The van der Waals surface area contributed by atoms with Gasteiger partial charge in [-0.25, -0.2) is 13.7 Å². The summed E-state index contributed by atoms with van der Waals surface area (Å²) in [7, 11) is 0. The first-order valence-corrected chi connectivity index (χ1v) is 12.3. The topological polar surface area (TPSA) is 165 Å². The van der Waals surface area contributed by atoms with E-state index in [1.807, 2.05) is 0 Å². The Kier molecular flexibility index (Phi) is 7.78. The fourth-order valence-corrected chi connectivity index (χ4v) is 4.52. The fraction of sp³-hybridized carbons (Fsp3) is 0.423. The van der Waals surface area contributed by atoms with Crippen molar-refractivity contribution >= 4 is 23.2 Å². The van der Waals surface area contributed by atoms with E-state index in [9.17, 15) is 19.1 Å². The highest BCUT2D eigenvalue weighted by Gasteiger charge is 2.28. The highest BCUT2D eigenvalue weighted by atomic mass is 19.1. The summed E-state index contributed by atoms with van der Waals surface area (Å²) in [5, 5.41) is 40.9. The molecule has 4 rings (SSSR count). The average Bonchev–Trinajstić information content (AvgIpc) is 3.29. The van der Waals surface area contributed by atoms with Gasteiger partial charge in [-0.05, 0) is 63.8 Å². The molecule has 1 fully saturated rings. The number of rotatable bonds is 8. The zero-order valence-corrected chi connectivity index (χ0v) is 21.1.